The summed E-state index contributed by atoms with van der Waals surface area (Å²) >= 11 is 0. The molecule has 12 nitrogen and oxygen atoms in total. The molecule has 3 N–H and O–H groups in total. The molecule has 0 radical (unpaired) electrons. The highest BCUT2D eigenvalue weighted by Gasteiger charge is 2.52. The summed E-state index contributed by atoms with van der Waals surface area (Å²) in [6, 6.07) is 4.43. The number of nitrogens with one attached hydrogen (secondary N) is 3. The Labute approximate surface area is 230 Å². The lowest BCUT2D eigenvalue weighted by atomic mass is 9.73. The van der Waals surface area contributed by atoms with Crippen molar-refractivity contribution >= 4 is 23.6 Å². The second kappa shape index (κ2) is 10.7. The number of rotatable bonds is 6. The van der Waals surface area contributed by atoms with Crippen molar-refractivity contribution in [1.82, 2.24) is 30.4 Å². The summed E-state index contributed by atoms with van der Waals surface area (Å²) in [6.45, 7) is 3.07. The van der Waals surface area contributed by atoms with Crippen LogP contribution < -0.4 is 26.2 Å². The van der Waals surface area contributed by atoms with Crippen molar-refractivity contribution in [2.45, 2.75) is 63.7 Å². The Morgan fingerprint density at radius 3 is 2.38 bits per heavy atom. The van der Waals surface area contributed by atoms with E-state index in [1.807, 2.05) is 0 Å². The highest BCUT2D eigenvalue weighted by Crippen LogP contribution is 2.45. The lowest BCUT2D eigenvalue weighted by molar-refractivity contribution is -0.145. The van der Waals surface area contributed by atoms with E-state index in [0.717, 1.165) is 4.90 Å². The van der Waals surface area contributed by atoms with Crippen LogP contribution in [0, 0.1) is 12.7 Å². The minimum atomic E-state index is -1.25. The number of benzene rings is 1. The minimum absolute atomic E-state index is 0.0358. The van der Waals surface area contributed by atoms with Crippen LogP contribution in [0.1, 0.15) is 60.0 Å². The van der Waals surface area contributed by atoms with Crippen molar-refractivity contribution in [1.29, 1.82) is 0 Å². The van der Waals surface area contributed by atoms with Gasteiger partial charge in [0, 0.05) is 27.6 Å². The number of likely N-dealkylation sites (N-methyl/N-ethyl adjacent to an activating group) is 1. The van der Waals surface area contributed by atoms with Crippen molar-refractivity contribution in [3.05, 3.63) is 57.0 Å². The zero-order valence-corrected chi connectivity index (χ0v) is 23.1. The van der Waals surface area contributed by atoms with Crippen LogP contribution in [0.3, 0.4) is 0 Å². The number of aryl methyl sites for hydroxylation is 1. The van der Waals surface area contributed by atoms with E-state index in [1.54, 1.807) is 13.0 Å². The van der Waals surface area contributed by atoms with E-state index in [1.165, 1.54) is 44.8 Å². The molecule has 2 bridgehead atoms. The highest BCUT2D eigenvalue weighted by molar-refractivity contribution is 6.35. The van der Waals surface area contributed by atoms with Gasteiger partial charge in [0.2, 0.25) is 11.7 Å². The summed E-state index contributed by atoms with van der Waals surface area (Å²) < 4.78 is 20.3. The van der Waals surface area contributed by atoms with Gasteiger partial charge in [-0.2, -0.15) is 0 Å². The second-order valence-electron chi connectivity index (χ2n) is 10.7. The Kier molecular flexibility index (Phi) is 7.68. The van der Waals surface area contributed by atoms with Gasteiger partial charge in [-0.3, -0.25) is 28.5 Å². The van der Waals surface area contributed by atoms with Gasteiger partial charge in [-0.1, -0.05) is 12.1 Å². The van der Waals surface area contributed by atoms with Gasteiger partial charge in [-0.15, -0.1) is 0 Å². The number of ether oxygens (including phenoxy) is 1. The van der Waals surface area contributed by atoms with E-state index in [-0.39, 0.29) is 54.9 Å². The molecule has 13 heteroatoms. The smallest absolute Gasteiger partial charge is 0.311 e. The normalized spacial score (nSPS) is 21.1. The van der Waals surface area contributed by atoms with Crippen LogP contribution in [0.15, 0.2) is 23.0 Å². The molecule has 2 aromatic rings. The Morgan fingerprint density at radius 2 is 1.80 bits per heavy atom. The molecule has 0 saturated heterocycles. The fourth-order valence-corrected chi connectivity index (χ4v) is 5.50. The molecule has 214 valence electrons. The first-order chi connectivity index (χ1) is 18.8. The number of halogens is 1. The number of nitrogens with zero attached hydrogens (tertiary/aromatic N) is 3. The van der Waals surface area contributed by atoms with Gasteiger partial charge in [-0.25, -0.2) is 9.37 Å². The van der Waals surface area contributed by atoms with E-state index in [9.17, 15) is 28.4 Å². The molecule has 0 atom stereocenters. The number of aromatic nitrogens is 2. The fourth-order valence-electron chi connectivity index (χ4n) is 5.50. The van der Waals surface area contributed by atoms with Crippen LogP contribution in [0.4, 0.5) is 4.39 Å². The van der Waals surface area contributed by atoms with E-state index < -0.39 is 34.4 Å². The summed E-state index contributed by atoms with van der Waals surface area (Å²) in [7, 11) is 4.14. The van der Waals surface area contributed by atoms with Crippen molar-refractivity contribution in [3.8, 4) is 5.75 Å². The van der Waals surface area contributed by atoms with E-state index >= 15 is 0 Å². The molecule has 0 unspecified atom stereocenters. The third-order valence-electron chi connectivity index (χ3n) is 7.57. The Morgan fingerprint density at radius 1 is 1.12 bits per heavy atom. The maximum atomic E-state index is 13.8. The molecule has 1 saturated carbocycles. The quantitative estimate of drug-likeness (QED) is 0.438. The summed E-state index contributed by atoms with van der Waals surface area (Å²) in [5, 5.41) is 8.45. The molecule has 2 aliphatic heterocycles. The van der Waals surface area contributed by atoms with Crippen LogP contribution >= 0.6 is 0 Å². The standard InChI is InChI=1S/C27H33FN6O6/c1-15-12-17(6-7-18(15)28)13-29-21(36)19-20(40-5)23(38)34-14-26(31-16(2)35)8-10-27(11-9-26,25(34)30-19)32-22(37)24(39)33(3)4/h6-7,12H,8-11,13-14H2,1-5H3,(H,29,36)(H,31,35)(H,32,37). The van der Waals surface area contributed by atoms with Crippen molar-refractivity contribution in [2.75, 3.05) is 21.2 Å². The molecule has 4 amide bonds. The average Bonchev–Trinajstić information content (AvgIpc) is 3.11. The maximum absolute atomic E-state index is 13.8. The first-order valence-corrected chi connectivity index (χ1v) is 12.9. The number of fused-ring (bicyclic) bond motifs is 2. The molecule has 1 aliphatic carbocycles. The van der Waals surface area contributed by atoms with Gasteiger partial charge < -0.3 is 25.6 Å². The van der Waals surface area contributed by atoms with Gasteiger partial charge in [0.15, 0.2) is 5.69 Å². The Balaban J connectivity index is 1.80. The predicted molar refractivity (Wildman–Crippen MR) is 141 cm³/mol. The van der Waals surface area contributed by atoms with Crippen LogP contribution in [0.2, 0.25) is 0 Å². The molecule has 3 heterocycles. The van der Waals surface area contributed by atoms with Gasteiger partial charge in [-0.05, 0) is 49.8 Å². The number of amides is 4. The predicted octanol–water partition coefficient (Wildman–Crippen LogP) is 0.492. The molecule has 1 fully saturated rings. The van der Waals surface area contributed by atoms with Crippen molar-refractivity contribution in [3.63, 3.8) is 0 Å². The molecule has 3 aliphatic rings. The summed E-state index contributed by atoms with van der Waals surface area (Å²) in [5.41, 5.74) is -1.94. The van der Waals surface area contributed by atoms with Gasteiger partial charge in [0.05, 0.1) is 24.7 Å². The molecule has 5 rings (SSSR count). The fraction of sp³-hybridized carbons (Fsp3) is 0.481. The summed E-state index contributed by atoms with van der Waals surface area (Å²) in [4.78, 5) is 70.3. The molecule has 0 spiro atoms. The summed E-state index contributed by atoms with van der Waals surface area (Å²) in [5.74, 6) is -3.22. The number of hydrogen-bond acceptors (Lipinski definition) is 7. The average molecular weight is 557 g/mol. The monoisotopic (exact) mass is 556 g/mol. The van der Waals surface area contributed by atoms with Gasteiger partial charge >= 0.3 is 11.8 Å². The number of methoxy groups -OCH3 is 1. The highest BCUT2D eigenvalue weighted by atomic mass is 19.1. The lowest BCUT2D eigenvalue weighted by Crippen LogP contribution is -2.57. The molecular formula is C27H33FN6O6. The minimum Gasteiger partial charge on any atom is -0.489 e. The molecule has 1 aromatic heterocycles. The third kappa shape index (κ3) is 5.27. The van der Waals surface area contributed by atoms with E-state index in [4.69, 9.17) is 4.74 Å². The zero-order valence-electron chi connectivity index (χ0n) is 23.1. The molecule has 1 aromatic carbocycles. The van der Waals surface area contributed by atoms with Crippen LogP contribution in [-0.2, 0) is 33.0 Å². The van der Waals surface area contributed by atoms with Crippen molar-refractivity contribution in [2.24, 2.45) is 0 Å². The van der Waals surface area contributed by atoms with Crippen LogP contribution in [0.25, 0.3) is 0 Å². The van der Waals surface area contributed by atoms with E-state index in [0.29, 0.717) is 24.0 Å². The second-order valence-corrected chi connectivity index (χ2v) is 10.7. The first kappa shape index (κ1) is 28.7. The topological polar surface area (TPSA) is 152 Å². The van der Waals surface area contributed by atoms with Crippen molar-refractivity contribution < 1.29 is 28.3 Å². The molecule has 40 heavy (non-hydrogen) atoms. The maximum Gasteiger partial charge on any atom is 0.311 e. The van der Waals surface area contributed by atoms with E-state index in [2.05, 4.69) is 20.9 Å². The van der Waals surface area contributed by atoms with Gasteiger partial charge in [0.25, 0.3) is 11.5 Å². The number of hydrogen-bond donors (Lipinski definition) is 3. The largest absolute Gasteiger partial charge is 0.489 e. The third-order valence-corrected chi connectivity index (χ3v) is 7.57. The lowest BCUT2D eigenvalue weighted by Gasteiger charge is -2.42. The zero-order chi connectivity index (χ0) is 29.4. The number of carbonyl (C=O) groups is 4. The van der Waals surface area contributed by atoms with Crippen LogP contribution in [0.5, 0.6) is 5.75 Å². The van der Waals surface area contributed by atoms with Crippen LogP contribution in [-0.4, -0.2) is 64.8 Å². The SMILES string of the molecule is COc1c(C(=O)NCc2ccc(F)c(C)c2)nc2n(c1=O)CC1(NC(C)=O)CCC2(NC(=O)C(=O)N(C)C)CC1. The molecular weight excluding hydrogens is 523 g/mol. The first-order valence-electron chi connectivity index (χ1n) is 12.9. The van der Waals surface area contributed by atoms with Gasteiger partial charge in [0.1, 0.15) is 11.6 Å². The Hall–Kier alpha value is -4.29. The number of carbonyl (C=O) groups excluding carboxylic acids is 4. The summed E-state index contributed by atoms with van der Waals surface area (Å²) in [6.07, 6.45) is 1.29. The Bertz CT molecular complexity index is 1440.